The molecule has 0 aromatic rings. The van der Waals surface area contributed by atoms with E-state index in [-0.39, 0.29) is 5.97 Å². The van der Waals surface area contributed by atoms with E-state index in [2.05, 4.69) is 11.3 Å². The maximum absolute atomic E-state index is 10.3. The third-order valence-corrected chi connectivity index (χ3v) is 0.952. The predicted molar refractivity (Wildman–Crippen MR) is 29.0 cm³/mol. The van der Waals surface area contributed by atoms with Crippen molar-refractivity contribution >= 4 is 5.97 Å². The lowest BCUT2D eigenvalue weighted by Gasteiger charge is -1.80. The summed E-state index contributed by atoms with van der Waals surface area (Å²) in [6.45, 7) is 3.48. The third kappa shape index (κ3) is 0.780. The summed E-state index contributed by atoms with van der Waals surface area (Å²) in [6.07, 6.45) is 3.42. The van der Waals surface area contributed by atoms with Gasteiger partial charge in [-0.15, -0.1) is 0 Å². The number of carbonyl (C=O) groups is 1. The van der Waals surface area contributed by atoms with Crippen molar-refractivity contribution in [2.24, 2.45) is 0 Å². The zero-order valence-corrected chi connectivity index (χ0v) is 4.39. The highest BCUT2D eigenvalue weighted by Crippen LogP contribution is 2.11. The second-order valence-electron chi connectivity index (χ2n) is 1.56. The number of hydrogen-bond donors (Lipinski definition) is 0. The molecular weight excluding hydrogens is 104 g/mol. The number of ether oxygens (including phenoxy) is 1. The smallest absolute Gasteiger partial charge is 0.315 e. The Morgan fingerprint density at radius 2 is 2.62 bits per heavy atom. The molecule has 0 saturated carbocycles. The van der Waals surface area contributed by atoms with E-state index in [9.17, 15) is 4.79 Å². The zero-order chi connectivity index (χ0) is 5.98. The molecule has 0 atom stereocenters. The van der Waals surface area contributed by atoms with Crippen molar-refractivity contribution < 1.29 is 9.53 Å². The fourth-order valence-corrected chi connectivity index (χ4v) is 0.512. The molecule has 0 saturated heterocycles. The van der Waals surface area contributed by atoms with Gasteiger partial charge < -0.3 is 4.74 Å². The van der Waals surface area contributed by atoms with Crippen LogP contribution in [0.2, 0.25) is 0 Å². The van der Waals surface area contributed by atoms with Crippen LogP contribution in [0.4, 0.5) is 0 Å². The average molecular weight is 110 g/mol. The number of esters is 1. The van der Waals surface area contributed by atoms with Crippen molar-refractivity contribution in [3.63, 3.8) is 0 Å². The lowest BCUT2D eigenvalue weighted by molar-refractivity contribution is -0.135. The first-order valence-corrected chi connectivity index (χ1v) is 2.34. The molecule has 8 heavy (non-hydrogen) atoms. The van der Waals surface area contributed by atoms with E-state index >= 15 is 0 Å². The quantitative estimate of drug-likeness (QED) is 0.471. The van der Waals surface area contributed by atoms with Gasteiger partial charge in [0, 0.05) is 0 Å². The summed E-state index contributed by atoms with van der Waals surface area (Å²) in [7, 11) is 0. The fraction of sp³-hybridized carbons (Fsp3) is 0.167. The number of cyclic esters (lactones) is 1. The third-order valence-electron chi connectivity index (χ3n) is 0.952. The largest absolute Gasteiger partial charge is 0.434 e. The molecule has 2 heteroatoms. The van der Waals surface area contributed by atoms with Crippen LogP contribution in [0.25, 0.3) is 0 Å². The van der Waals surface area contributed by atoms with Gasteiger partial charge in [0.05, 0.1) is 12.7 Å². The molecule has 1 aliphatic rings. The first-order valence-electron chi connectivity index (χ1n) is 2.34. The molecule has 0 amide bonds. The summed E-state index contributed by atoms with van der Waals surface area (Å²) >= 11 is 0. The molecule has 42 valence electrons. The van der Waals surface area contributed by atoms with Crippen LogP contribution in [0.1, 0.15) is 6.42 Å². The van der Waals surface area contributed by atoms with Crippen LogP contribution in [0, 0.1) is 0 Å². The van der Waals surface area contributed by atoms with Crippen molar-refractivity contribution in [1.29, 1.82) is 0 Å². The van der Waals surface area contributed by atoms with Gasteiger partial charge in [-0.25, -0.2) is 0 Å². The Morgan fingerprint density at radius 1 is 1.88 bits per heavy atom. The molecule has 0 aromatic carbocycles. The second-order valence-corrected chi connectivity index (χ2v) is 1.56. The SMILES string of the molecule is C=CC1=COC(=O)C1. The molecule has 0 bridgehead atoms. The summed E-state index contributed by atoms with van der Waals surface area (Å²) in [5.41, 5.74) is 0.856. The van der Waals surface area contributed by atoms with Crippen molar-refractivity contribution in [2.75, 3.05) is 0 Å². The highest BCUT2D eigenvalue weighted by Gasteiger charge is 2.10. The van der Waals surface area contributed by atoms with Crippen LogP contribution in [0.3, 0.4) is 0 Å². The van der Waals surface area contributed by atoms with Crippen molar-refractivity contribution in [1.82, 2.24) is 0 Å². The normalized spacial score (nSPS) is 17.5. The Morgan fingerprint density at radius 3 is 2.88 bits per heavy atom. The topological polar surface area (TPSA) is 26.3 Å². The molecule has 1 aliphatic heterocycles. The van der Waals surface area contributed by atoms with E-state index < -0.39 is 0 Å². The van der Waals surface area contributed by atoms with Gasteiger partial charge in [0.2, 0.25) is 0 Å². The van der Waals surface area contributed by atoms with Gasteiger partial charge in [-0.3, -0.25) is 4.79 Å². The molecular formula is C6H6O2. The predicted octanol–water partition coefficient (Wildman–Crippen LogP) is 1.00. The summed E-state index contributed by atoms with van der Waals surface area (Å²) < 4.78 is 4.48. The zero-order valence-electron chi connectivity index (χ0n) is 4.39. The molecule has 1 heterocycles. The molecule has 1 rings (SSSR count). The van der Waals surface area contributed by atoms with Gasteiger partial charge in [0.25, 0.3) is 0 Å². The van der Waals surface area contributed by atoms with Crippen molar-refractivity contribution in [3.05, 3.63) is 24.5 Å². The molecule has 0 fully saturated rings. The number of carbonyl (C=O) groups excluding carboxylic acids is 1. The summed E-state index contributed by atoms with van der Waals surface area (Å²) in [6, 6.07) is 0. The molecule has 0 radical (unpaired) electrons. The van der Waals surface area contributed by atoms with E-state index in [0.29, 0.717) is 6.42 Å². The van der Waals surface area contributed by atoms with Gasteiger partial charge in [-0.1, -0.05) is 12.7 Å². The lowest BCUT2D eigenvalue weighted by atomic mass is 10.2. The minimum atomic E-state index is -0.195. The molecule has 2 nitrogen and oxygen atoms in total. The Hall–Kier alpha value is -1.05. The number of allylic oxidation sites excluding steroid dienone is 1. The highest BCUT2D eigenvalue weighted by molar-refractivity contribution is 5.76. The van der Waals surface area contributed by atoms with Gasteiger partial charge in [-0.05, 0) is 5.57 Å². The first-order chi connectivity index (χ1) is 3.83. The van der Waals surface area contributed by atoms with Gasteiger partial charge in [0.1, 0.15) is 0 Å². The lowest BCUT2D eigenvalue weighted by Crippen LogP contribution is -1.89. The Labute approximate surface area is 47.5 Å². The van der Waals surface area contributed by atoms with Gasteiger partial charge in [-0.2, -0.15) is 0 Å². The summed E-state index contributed by atoms with van der Waals surface area (Å²) in [5, 5.41) is 0. The fourth-order valence-electron chi connectivity index (χ4n) is 0.512. The Balaban J connectivity index is 2.61. The van der Waals surface area contributed by atoms with Gasteiger partial charge >= 0.3 is 5.97 Å². The maximum atomic E-state index is 10.3. The standard InChI is InChI=1S/C6H6O2/c1-2-5-3-6(7)8-4-5/h2,4H,1,3H2. The Kier molecular flexibility index (Phi) is 1.16. The highest BCUT2D eigenvalue weighted by atomic mass is 16.5. The van der Waals surface area contributed by atoms with Crippen molar-refractivity contribution in [3.8, 4) is 0 Å². The minimum absolute atomic E-state index is 0.195. The van der Waals surface area contributed by atoms with E-state index in [1.807, 2.05) is 0 Å². The van der Waals surface area contributed by atoms with Crippen molar-refractivity contribution in [2.45, 2.75) is 6.42 Å². The number of rotatable bonds is 1. The maximum Gasteiger partial charge on any atom is 0.315 e. The van der Waals surface area contributed by atoms with Gasteiger partial charge in [0.15, 0.2) is 0 Å². The minimum Gasteiger partial charge on any atom is -0.434 e. The second kappa shape index (κ2) is 1.82. The monoisotopic (exact) mass is 110 g/mol. The Bertz CT molecular complexity index is 156. The average Bonchev–Trinajstić information content (AvgIpc) is 2.14. The number of hydrogen-bond acceptors (Lipinski definition) is 2. The van der Waals surface area contributed by atoms with E-state index in [4.69, 9.17) is 0 Å². The van der Waals surface area contributed by atoms with E-state index in [1.165, 1.54) is 6.26 Å². The van der Waals surface area contributed by atoms with Crippen LogP contribution >= 0.6 is 0 Å². The molecule has 0 N–H and O–H groups in total. The molecule has 0 aliphatic carbocycles. The van der Waals surface area contributed by atoms with Crippen LogP contribution in [0.5, 0.6) is 0 Å². The first kappa shape index (κ1) is 5.09. The van der Waals surface area contributed by atoms with Crippen LogP contribution < -0.4 is 0 Å². The van der Waals surface area contributed by atoms with Crippen LogP contribution in [-0.4, -0.2) is 5.97 Å². The molecule has 0 aromatic heterocycles. The summed E-state index contributed by atoms with van der Waals surface area (Å²) in [5.74, 6) is -0.195. The van der Waals surface area contributed by atoms with E-state index in [0.717, 1.165) is 5.57 Å². The molecule has 0 spiro atoms. The summed E-state index contributed by atoms with van der Waals surface area (Å²) in [4.78, 5) is 10.3. The van der Waals surface area contributed by atoms with Crippen LogP contribution in [0.15, 0.2) is 24.5 Å². The van der Waals surface area contributed by atoms with E-state index in [1.54, 1.807) is 6.08 Å². The molecule has 0 unspecified atom stereocenters. The van der Waals surface area contributed by atoms with Crippen LogP contribution in [-0.2, 0) is 9.53 Å².